The minimum Gasteiger partial charge on any atom is -0.508 e. The van der Waals surface area contributed by atoms with E-state index in [1.807, 2.05) is 0 Å². The first-order chi connectivity index (χ1) is 15.8. The van der Waals surface area contributed by atoms with Crippen molar-refractivity contribution in [2.75, 3.05) is 5.32 Å². The lowest BCUT2D eigenvalue weighted by Crippen LogP contribution is -2.30. The third kappa shape index (κ3) is 7.10. The van der Waals surface area contributed by atoms with Gasteiger partial charge in [-0.2, -0.15) is 0 Å². The SMILES string of the molecule is CC(=O)Oc1cccc(C(=O)NCc2ccc(NC(=O)C(C)Oc3ccc(O)cc3)cc2)c1. The number of hydrogen-bond acceptors (Lipinski definition) is 6. The molecule has 3 N–H and O–H groups in total. The normalized spacial score (nSPS) is 11.2. The molecule has 0 aliphatic rings. The lowest BCUT2D eigenvalue weighted by molar-refractivity contribution is -0.131. The number of rotatable bonds is 8. The van der Waals surface area contributed by atoms with Crippen LogP contribution in [0.15, 0.2) is 72.8 Å². The highest BCUT2D eigenvalue weighted by Crippen LogP contribution is 2.18. The number of aromatic hydroxyl groups is 1. The van der Waals surface area contributed by atoms with E-state index in [-0.39, 0.29) is 24.1 Å². The second-order valence-corrected chi connectivity index (χ2v) is 7.24. The lowest BCUT2D eigenvalue weighted by Gasteiger charge is -2.15. The Hall–Kier alpha value is -4.33. The van der Waals surface area contributed by atoms with Gasteiger partial charge in [-0.3, -0.25) is 14.4 Å². The van der Waals surface area contributed by atoms with Gasteiger partial charge in [0.2, 0.25) is 0 Å². The van der Waals surface area contributed by atoms with Crippen LogP contribution in [-0.4, -0.2) is 29.0 Å². The maximum Gasteiger partial charge on any atom is 0.308 e. The van der Waals surface area contributed by atoms with Crippen LogP contribution in [0.2, 0.25) is 0 Å². The van der Waals surface area contributed by atoms with Gasteiger partial charge in [0, 0.05) is 24.7 Å². The summed E-state index contributed by atoms with van der Waals surface area (Å²) in [7, 11) is 0. The number of phenolic OH excluding ortho intramolecular Hbond substituents is 1. The van der Waals surface area contributed by atoms with E-state index in [2.05, 4.69) is 10.6 Å². The molecule has 3 rings (SSSR count). The molecule has 0 spiro atoms. The molecule has 0 saturated heterocycles. The Morgan fingerprint density at radius 2 is 1.64 bits per heavy atom. The highest BCUT2D eigenvalue weighted by atomic mass is 16.5. The molecule has 8 heteroatoms. The number of benzene rings is 3. The number of anilines is 1. The van der Waals surface area contributed by atoms with Crippen LogP contribution in [0.4, 0.5) is 5.69 Å². The summed E-state index contributed by atoms with van der Waals surface area (Å²) in [6.45, 7) is 3.20. The fraction of sp³-hybridized carbons (Fsp3) is 0.160. The van der Waals surface area contributed by atoms with Crippen molar-refractivity contribution < 1.29 is 29.0 Å². The standard InChI is InChI=1S/C25H24N2O6/c1-16(32-22-12-10-21(29)11-13-22)24(30)27-20-8-6-18(7-9-20)15-26-25(31)19-4-3-5-23(14-19)33-17(2)28/h3-14,16,29H,15H2,1-2H3,(H,26,31)(H,27,30). The van der Waals surface area contributed by atoms with Crippen LogP contribution in [0.25, 0.3) is 0 Å². The molecular weight excluding hydrogens is 424 g/mol. The molecule has 0 bridgehead atoms. The molecule has 1 unspecified atom stereocenters. The second-order valence-electron chi connectivity index (χ2n) is 7.24. The molecule has 3 aromatic rings. The summed E-state index contributed by atoms with van der Waals surface area (Å²) in [5, 5.41) is 14.9. The molecule has 0 radical (unpaired) electrons. The Morgan fingerprint density at radius 3 is 2.30 bits per heavy atom. The van der Waals surface area contributed by atoms with Gasteiger partial charge in [-0.15, -0.1) is 0 Å². The van der Waals surface area contributed by atoms with E-state index >= 15 is 0 Å². The minimum atomic E-state index is -0.740. The molecule has 0 aliphatic heterocycles. The third-order valence-corrected chi connectivity index (χ3v) is 4.55. The zero-order valence-electron chi connectivity index (χ0n) is 18.2. The number of esters is 1. The van der Waals surface area contributed by atoms with Crippen LogP contribution in [0, 0.1) is 0 Å². The van der Waals surface area contributed by atoms with Crippen LogP contribution in [0.3, 0.4) is 0 Å². The van der Waals surface area contributed by atoms with Gasteiger partial charge in [0.15, 0.2) is 6.10 Å². The number of carbonyl (C=O) groups is 3. The van der Waals surface area contributed by atoms with Crippen molar-refractivity contribution in [1.29, 1.82) is 0 Å². The van der Waals surface area contributed by atoms with Crippen molar-refractivity contribution in [3.8, 4) is 17.2 Å². The van der Waals surface area contributed by atoms with Crippen molar-refractivity contribution in [2.24, 2.45) is 0 Å². The van der Waals surface area contributed by atoms with E-state index in [1.54, 1.807) is 61.5 Å². The Bertz CT molecular complexity index is 1130. The van der Waals surface area contributed by atoms with Gasteiger partial charge in [0.05, 0.1) is 0 Å². The summed E-state index contributed by atoms with van der Waals surface area (Å²) in [6.07, 6.45) is -0.740. The van der Waals surface area contributed by atoms with Crippen molar-refractivity contribution in [3.63, 3.8) is 0 Å². The second kappa shape index (κ2) is 10.8. The van der Waals surface area contributed by atoms with Crippen molar-refractivity contribution in [2.45, 2.75) is 26.5 Å². The van der Waals surface area contributed by atoms with Crippen LogP contribution in [-0.2, 0) is 16.1 Å². The minimum absolute atomic E-state index is 0.117. The van der Waals surface area contributed by atoms with E-state index in [4.69, 9.17) is 9.47 Å². The van der Waals surface area contributed by atoms with Gasteiger partial charge >= 0.3 is 5.97 Å². The van der Waals surface area contributed by atoms with E-state index in [0.29, 0.717) is 22.7 Å². The molecular formula is C25H24N2O6. The monoisotopic (exact) mass is 448 g/mol. The summed E-state index contributed by atoms with van der Waals surface area (Å²) in [5.74, 6) is -0.190. The fourth-order valence-electron chi connectivity index (χ4n) is 2.88. The summed E-state index contributed by atoms with van der Waals surface area (Å²) in [5.41, 5.74) is 1.80. The average Bonchev–Trinajstić information content (AvgIpc) is 2.79. The first-order valence-electron chi connectivity index (χ1n) is 10.2. The van der Waals surface area contributed by atoms with Gasteiger partial charge in [0.1, 0.15) is 17.2 Å². The highest BCUT2D eigenvalue weighted by molar-refractivity contribution is 5.95. The number of nitrogens with one attached hydrogen (secondary N) is 2. The molecule has 0 saturated carbocycles. The van der Waals surface area contributed by atoms with Gasteiger partial charge in [-0.05, 0) is 67.1 Å². The smallest absolute Gasteiger partial charge is 0.308 e. The lowest BCUT2D eigenvalue weighted by atomic mass is 10.1. The van der Waals surface area contributed by atoms with E-state index in [0.717, 1.165) is 5.56 Å². The molecule has 0 aliphatic carbocycles. The van der Waals surface area contributed by atoms with Crippen LogP contribution < -0.4 is 20.1 Å². The number of amides is 2. The largest absolute Gasteiger partial charge is 0.508 e. The van der Waals surface area contributed by atoms with Crippen molar-refractivity contribution >= 4 is 23.5 Å². The first-order valence-corrected chi connectivity index (χ1v) is 10.2. The summed E-state index contributed by atoms with van der Waals surface area (Å²) in [6, 6.07) is 19.5. The average molecular weight is 448 g/mol. The van der Waals surface area contributed by atoms with Gasteiger partial charge < -0.3 is 25.2 Å². The van der Waals surface area contributed by atoms with E-state index in [9.17, 15) is 19.5 Å². The molecule has 170 valence electrons. The highest BCUT2D eigenvalue weighted by Gasteiger charge is 2.15. The molecule has 0 heterocycles. The topological polar surface area (TPSA) is 114 Å². The molecule has 1 atom stereocenters. The zero-order valence-corrected chi connectivity index (χ0v) is 18.2. The zero-order chi connectivity index (χ0) is 23.8. The molecule has 2 amide bonds. The van der Waals surface area contributed by atoms with Crippen LogP contribution >= 0.6 is 0 Å². The first kappa shape index (κ1) is 23.3. The van der Waals surface area contributed by atoms with Gasteiger partial charge in [-0.1, -0.05) is 18.2 Å². The van der Waals surface area contributed by atoms with E-state index < -0.39 is 12.1 Å². The third-order valence-electron chi connectivity index (χ3n) is 4.55. The number of carbonyl (C=O) groups excluding carboxylic acids is 3. The van der Waals surface area contributed by atoms with Gasteiger partial charge in [-0.25, -0.2) is 0 Å². The van der Waals surface area contributed by atoms with Gasteiger partial charge in [0.25, 0.3) is 11.8 Å². The Morgan fingerprint density at radius 1 is 0.939 bits per heavy atom. The van der Waals surface area contributed by atoms with Crippen LogP contribution in [0.5, 0.6) is 17.2 Å². The molecule has 0 aromatic heterocycles. The van der Waals surface area contributed by atoms with Crippen molar-refractivity contribution in [1.82, 2.24) is 5.32 Å². The molecule has 3 aromatic carbocycles. The quantitative estimate of drug-likeness (QED) is 0.358. The van der Waals surface area contributed by atoms with E-state index in [1.165, 1.54) is 25.1 Å². The fourth-order valence-corrected chi connectivity index (χ4v) is 2.88. The van der Waals surface area contributed by atoms with Crippen LogP contribution in [0.1, 0.15) is 29.8 Å². The maximum atomic E-state index is 12.4. The Kier molecular flexibility index (Phi) is 7.64. The summed E-state index contributed by atoms with van der Waals surface area (Å²) < 4.78 is 10.6. The maximum absolute atomic E-state index is 12.4. The number of phenols is 1. The number of ether oxygens (including phenoxy) is 2. The predicted octanol–water partition coefficient (Wildman–Crippen LogP) is 3.65. The van der Waals surface area contributed by atoms with Crippen molar-refractivity contribution in [3.05, 3.63) is 83.9 Å². The molecule has 33 heavy (non-hydrogen) atoms. The Balaban J connectivity index is 1.50. The molecule has 0 fully saturated rings. The summed E-state index contributed by atoms with van der Waals surface area (Å²) in [4.78, 5) is 35.8. The Labute approximate surface area is 191 Å². The predicted molar refractivity (Wildman–Crippen MR) is 122 cm³/mol. The molecule has 8 nitrogen and oxygen atoms in total. The summed E-state index contributed by atoms with van der Waals surface area (Å²) >= 11 is 0. The number of hydrogen-bond donors (Lipinski definition) is 3.